The van der Waals surface area contributed by atoms with Gasteiger partial charge in [-0.15, -0.1) is 0 Å². The molecule has 3 nitrogen and oxygen atoms in total. The van der Waals surface area contributed by atoms with Crippen LogP contribution in [0.15, 0.2) is 36.4 Å². The van der Waals surface area contributed by atoms with E-state index in [0.29, 0.717) is 0 Å². The lowest BCUT2D eigenvalue weighted by Gasteiger charge is -2.04. The Balaban J connectivity index is 2.72. The predicted octanol–water partition coefficient (Wildman–Crippen LogP) is 2.75. The van der Waals surface area contributed by atoms with Crippen LogP contribution in [0.1, 0.15) is 11.1 Å². The Hall–Kier alpha value is -2.03. The van der Waals surface area contributed by atoms with E-state index in [2.05, 4.69) is 4.74 Å². The maximum atomic E-state index is 10.8. The number of hydrogen-bond donors (Lipinski definition) is 0. The van der Waals surface area contributed by atoms with Gasteiger partial charge in [0.25, 0.3) is 0 Å². The van der Waals surface area contributed by atoms with Crippen molar-refractivity contribution in [1.82, 2.24) is 0 Å². The predicted molar refractivity (Wildman–Crippen MR) is 67.9 cm³/mol. The van der Waals surface area contributed by atoms with Crippen molar-refractivity contribution >= 4 is 12.0 Å². The number of allylic oxidation sites excluding steroid dienone is 2. The number of ether oxygens (including phenoxy) is 2. The minimum atomic E-state index is -0.365. The van der Waals surface area contributed by atoms with Gasteiger partial charge in [-0.1, -0.05) is 30.4 Å². The fraction of sp³-hybridized carbons (Fsp3) is 0.214. The molecule has 0 saturated carbocycles. The fourth-order valence-corrected chi connectivity index (χ4v) is 1.31. The third-order valence-corrected chi connectivity index (χ3v) is 2.27. The van der Waals surface area contributed by atoms with Gasteiger partial charge < -0.3 is 9.47 Å². The highest BCUT2D eigenvalue weighted by Crippen LogP contribution is 2.19. The first-order valence-corrected chi connectivity index (χ1v) is 5.24. The first-order chi connectivity index (χ1) is 8.17. The van der Waals surface area contributed by atoms with Gasteiger partial charge in [0.15, 0.2) is 0 Å². The monoisotopic (exact) mass is 232 g/mol. The number of methoxy groups -OCH3 is 2. The summed E-state index contributed by atoms with van der Waals surface area (Å²) >= 11 is 0. The third-order valence-electron chi connectivity index (χ3n) is 2.27. The SMILES string of the molecule is COC(=O)/C=C/C=C/c1ccc(C)c(OC)c1. The number of benzene rings is 1. The van der Waals surface area contributed by atoms with Crippen LogP contribution in [0.25, 0.3) is 6.08 Å². The molecule has 17 heavy (non-hydrogen) atoms. The smallest absolute Gasteiger partial charge is 0.330 e. The molecule has 90 valence electrons. The summed E-state index contributed by atoms with van der Waals surface area (Å²) in [4.78, 5) is 10.8. The lowest BCUT2D eigenvalue weighted by molar-refractivity contribution is -0.134. The highest BCUT2D eigenvalue weighted by Gasteiger charge is 1.97. The second-order valence-electron chi connectivity index (χ2n) is 3.47. The molecule has 0 unspecified atom stereocenters. The maximum Gasteiger partial charge on any atom is 0.330 e. The van der Waals surface area contributed by atoms with Crippen LogP contribution in [0.4, 0.5) is 0 Å². The van der Waals surface area contributed by atoms with E-state index in [1.54, 1.807) is 19.3 Å². The third kappa shape index (κ3) is 4.15. The molecule has 0 N–H and O–H groups in total. The molecule has 0 aromatic heterocycles. The number of rotatable bonds is 4. The van der Waals surface area contributed by atoms with Crippen molar-refractivity contribution < 1.29 is 14.3 Å². The van der Waals surface area contributed by atoms with Crippen LogP contribution in [0, 0.1) is 6.92 Å². The zero-order chi connectivity index (χ0) is 12.7. The molecule has 0 radical (unpaired) electrons. The number of carbonyl (C=O) groups is 1. The van der Waals surface area contributed by atoms with Crippen LogP contribution in [-0.4, -0.2) is 20.2 Å². The van der Waals surface area contributed by atoms with E-state index in [1.807, 2.05) is 31.2 Å². The molecule has 0 aliphatic rings. The normalized spacial score (nSPS) is 11.0. The Kier molecular flexibility index (Phi) is 5.01. The standard InChI is InChI=1S/C14H16O3/c1-11-8-9-12(10-13(11)16-2)6-4-5-7-14(15)17-3/h4-10H,1-3H3/b6-4+,7-5+. The van der Waals surface area contributed by atoms with Crippen molar-refractivity contribution in [3.63, 3.8) is 0 Å². The van der Waals surface area contributed by atoms with Crippen LogP contribution < -0.4 is 4.74 Å². The van der Waals surface area contributed by atoms with E-state index in [-0.39, 0.29) is 5.97 Å². The molecular formula is C14H16O3. The van der Waals surface area contributed by atoms with Crippen LogP contribution >= 0.6 is 0 Å². The Bertz CT molecular complexity index is 445. The van der Waals surface area contributed by atoms with Crippen molar-refractivity contribution in [1.29, 1.82) is 0 Å². The van der Waals surface area contributed by atoms with E-state index < -0.39 is 0 Å². The van der Waals surface area contributed by atoms with Crippen LogP contribution in [0.2, 0.25) is 0 Å². The number of aryl methyl sites for hydroxylation is 1. The molecule has 0 aliphatic heterocycles. The second kappa shape index (κ2) is 6.53. The highest BCUT2D eigenvalue weighted by atomic mass is 16.5. The van der Waals surface area contributed by atoms with Gasteiger partial charge in [-0.05, 0) is 24.1 Å². The Morgan fingerprint density at radius 1 is 1.24 bits per heavy atom. The largest absolute Gasteiger partial charge is 0.496 e. The minimum Gasteiger partial charge on any atom is -0.496 e. The van der Waals surface area contributed by atoms with Gasteiger partial charge in [-0.3, -0.25) is 0 Å². The molecule has 1 rings (SSSR count). The van der Waals surface area contributed by atoms with Crippen LogP contribution in [-0.2, 0) is 9.53 Å². The summed E-state index contributed by atoms with van der Waals surface area (Å²) in [6, 6.07) is 5.92. The van der Waals surface area contributed by atoms with Gasteiger partial charge in [-0.2, -0.15) is 0 Å². The van der Waals surface area contributed by atoms with Crippen molar-refractivity contribution in [3.8, 4) is 5.75 Å². The topological polar surface area (TPSA) is 35.5 Å². The van der Waals surface area contributed by atoms with Crippen LogP contribution in [0.3, 0.4) is 0 Å². The Morgan fingerprint density at radius 2 is 2.00 bits per heavy atom. The van der Waals surface area contributed by atoms with Crippen molar-refractivity contribution in [3.05, 3.63) is 47.6 Å². The summed E-state index contributed by atoms with van der Waals surface area (Å²) < 4.78 is 9.70. The number of esters is 1. The Morgan fingerprint density at radius 3 is 2.65 bits per heavy atom. The zero-order valence-electron chi connectivity index (χ0n) is 10.3. The van der Waals surface area contributed by atoms with Crippen molar-refractivity contribution in [2.24, 2.45) is 0 Å². The molecule has 1 aromatic rings. The quantitative estimate of drug-likeness (QED) is 0.455. The molecule has 1 aromatic carbocycles. The lowest BCUT2D eigenvalue weighted by Crippen LogP contribution is -1.92. The van der Waals surface area contributed by atoms with Gasteiger partial charge in [-0.25, -0.2) is 4.79 Å². The molecule has 0 spiro atoms. The van der Waals surface area contributed by atoms with Crippen LogP contribution in [0.5, 0.6) is 5.75 Å². The summed E-state index contributed by atoms with van der Waals surface area (Å²) in [6.07, 6.45) is 6.67. The average molecular weight is 232 g/mol. The van der Waals surface area contributed by atoms with Gasteiger partial charge in [0.2, 0.25) is 0 Å². The van der Waals surface area contributed by atoms with Gasteiger partial charge in [0, 0.05) is 6.08 Å². The summed E-state index contributed by atoms with van der Waals surface area (Å²) in [5, 5.41) is 0. The molecule has 0 saturated heterocycles. The summed E-state index contributed by atoms with van der Waals surface area (Å²) in [7, 11) is 2.99. The molecule has 3 heteroatoms. The van der Waals surface area contributed by atoms with E-state index in [0.717, 1.165) is 16.9 Å². The Labute approximate surface area is 101 Å². The maximum absolute atomic E-state index is 10.8. The zero-order valence-corrected chi connectivity index (χ0v) is 10.3. The molecule has 0 fully saturated rings. The highest BCUT2D eigenvalue weighted by molar-refractivity contribution is 5.82. The van der Waals surface area contributed by atoms with Crippen molar-refractivity contribution in [2.75, 3.05) is 14.2 Å². The van der Waals surface area contributed by atoms with Crippen molar-refractivity contribution in [2.45, 2.75) is 6.92 Å². The summed E-state index contributed by atoms with van der Waals surface area (Å²) in [5.41, 5.74) is 2.11. The van der Waals surface area contributed by atoms with Gasteiger partial charge in [0.05, 0.1) is 14.2 Å². The molecule has 0 aliphatic carbocycles. The molecular weight excluding hydrogens is 216 g/mol. The van der Waals surface area contributed by atoms with E-state index in [4.69, 9.17) is 4.74 Å². The van der Waals surface area contributed by atoms with E-state index >= 15 is 0 Å². The molecule has 0 heterocycles. The van der Waals surface area contributed by atoms with E-state index in [9.17, 15) is 4.79 Å². The molecule has 0 atom stereocenters. The summed E-state index contributed by atoms with van der Waals surface area (Å²) in [5.74, 6) is 0.486. The number of carbonyl (C=O) groups excluding carboxylic acids is 1. The first kappa shape index (κ1) is 13.0. The van der Waals surface area contributed by atoms with E-state index in [1.165, 1.54) is 13.2 Å². The molecule has 0 bridgehead atoms. The first-order valence-electron chi connectivity index (χ1n) is 5.24. The summed E-state index contributed by atoms with van der Waals surface area (Å²) in [6.45, 7) is 1.99. The fourth-order valence-electron chi connectivity index (χ4n) is 1.31. The minimum absolute atomic E-state index is 0.365. The van der Waals surface area contributed by atoms with Gasteiger partial charge in [0.1, 0.15) is 5.75 Å². The molecule has 0 amide bonds. The second-order valence-corrected chi connectivity index (χ2v) is 3.47. The average Bonchev–Trinajstić information content (AvgIpc) is 2.36. The van der Waals surface area contributed by atoms with Gasteiger partial charge >= 0.3 is 5.97 Å². The lowest BCUT2D eigenvalue weighted by atomic mass is 10.1. The number of hydrogen-bond acceptors (Lipinski definition) is 3.